The number of aromatic carboxylic acids is 1. The maximum atomic E-state index is 11.2. The van der Waals surface area contributed by atoms with E-state index in [1.807, 2.05) is 18.2 Å². The van der Waals surface area contributed by atoms with E-state index >= 15 is 0 Å². The van der Waals surface area contributed by atoms with Crippen LogP contribution in [0.4, 0.5) is 17.1 Å². The Morgan fingerprint density at radius 1 is 1.14 bits per heavy atom. The first-order chi connectivity index (χ1) is 9.88. The number of anilines is 3. The van der Waals surface area contributed by atoms with E-state index in [0.29, 0.717) is 11.6 Å². The fourth-order valence-corrected chi connectivity index (χ4v) is 2.17. The molecule has 0 heterocycles. The molecule has 2 rings (SSSR count). The van der Waals surface area contributed by atoms with Crippen LogP contribution >= 0.6 is 0 Å². The van der Waals surface area contributed by atoms with Crippen LogP contribution in [0.15, 0.2) is 36.4 Å². The largest absolute Gasteiger partial charge is 0.478 e. The number of nitrogens with one attached hydrogen (secondary N) is 1. The second kappa shape index (κ2) is 5.87. The summed E-state index contributed by atoms with van der Waals surface area (Å²) in [6.07, 6.45) is 0. The van der Waals surface area contributed by atoms with Crippen LogP contribution in [0.25, 0.3) is 0 Å². The summed E-state index contributed by atoms with van der Waals surface area (Å²) in [5.41, 5.74) is 9.87. The molecule has 0 radical (unpaired) electrons. The number of nitrogen functional groups attached to an aromatic ring is 1. The molecule has 110 valence electrons. The van der Waals surface area contributed by atoms with E-state index < -0.39 is 5.97 Å². The number of carboxylic acids is 1. The molecule has 0 bridgehead atoms. The molecule has 4 N–H and O–H groups in total. The first kappa shape index (κ1) is 14.9. The maximum Gasteiger partial charge on any atom is 0.337 e. The van der Waals surface area contributed by atoms with Crippen molar-refractivity contribution in [1.82, 2.24) is 0 Å². The van der Waals surface area contributed by atoms with Gasteiger partial charge in [-0.05, 0) is 48.2 Å². The molecule has 2 aromatic carbocycles. The quantitative estimate of drug-likeness (QED) is 0.737. The molecule has 0 fully saturated rings. The maximum absolute atomic E-state index is 11.2. The van der Waals surface area contributed by atoms with Crippen molar-refractivity contribution in [3.63, 3.8) is 0 Å². The van der Waals surface area contributed by atoms with Gasteiger partial charge in [-0.2, -0.15) is 0 Å². The molecule has 0 saturated carbocycles. The number of aryl methyl sites for hydroxylation is 1. The minimum atomic E-state index is -1.02. The monoisotopic (exact) mass is 284 g/mol. The van der Waals surface area contributed by atoms with Gasteiger partial charge in [-0.3, -0.25) is 0 Å². The Kier molecular flexibility index (Phi) is 4.17. The molecule has 21 heavy (non-hydrogen) atoms. The first-order valence-corrected chi connectivity index (χ1v) is 6.89. The third-order valence-electron chi connectivity index (χ3n) is 3.48. The molecular weight excluding hydrogens is 264 g/mol. The van der Waals surface area contributed by atoms with Crippen LogP contribution < -0.4 is 11.1 Å². The Labute approximate surface area is 124 Å². The lowest BCUT2D eigenvalue weighted by Gasteiger charge is -2.12. The molecule has 0 amide bonds. The highest BCUT2D eigenvalue weighted by Gasteiger charge is 2.11. The molecule has 2 aromatic rings. The molecule has 0 atom stereocenters. The molecule has 4 nitrogen and oxygen atoms in total. The van der Waals surface area contributed by atoms with Crippen LogP contribution in [0.3, 0.4) is 0 Å². The van der Waals surface area contributed by atoms with E-state index in [4.69, 9.17) is 5.73 Å². The van der Waals surface area contributed by atoms with Crippen LogP contribution in [0.2, 0.25) is 0 Å². The highest BCUT2D eigenvalue weighted by atomic mass is 16.4. The number of hydrogen-bond donors (Lipinski definition) is 3. The van der Waals surface area contributed by atoms with Crippen molar-refractivity contribution in [3.8, 4) is 0 Å². The summed E-state index contributed by atoms with van der Waals surface area (Å²) in [5.74, 6) is -0.536. The van der Waals surface area contributed by atoms with Gasteiger partial charge in [-0.1, -0.05) is 26.0 Å². The average Bonchev–Trinajstić information content (AvgIpc) is 2.43. The second-order valence-electron chi connectivity index (χ2n) is 5.46. The van der Waals surface area contributed by atoms with E-state index in [1.165, 1.54) is 5.56 Å². The predicted octanol–water partition coefficient (Wildman–Crippen LogP) is 4.14. The number of carbonyl (C=O) groups is 1. The van der Waals surface area contributed by atoms with Crippen LogP contribution in [0, 0.1) is 6.92 Å². The number of hydrogen-bond acceptors (Lipinski definition) is 3. The van der Waals surface area contributed by atoms with Crippen LogP contribution in [-0.4, -0.2) is 11.1 Å². The molecule has 4 heteroatoms. The second-order valence-corrected chi connectivity index (χ2v) is 5.46. The van der Waals surface area contributed by atoms with Crippen molar-refractivity contribution < 1.29 is 9.90 Å². The van der Waals surface area contributed by atoms with Crippen molar-refractivity contribution in [2.24, 2.45) is 0 Å². The topological polar surface area (TPSA) is 75.3 Å². The zero-order valence-corrected chi connectivity index (χ0v) is 12.5. The summed E-state index contributed by atoms with van der Waals surface area (Å²) in [4.78, 5) is 11.2. The summed E-state index contributed by atoms with van der Waals surface area (Å²) in [5, 5.41) is 12.4. The Hall–Kier alpha value is -2.49. The summed E-state index contributed by atoms with van der Waals surface area (Å²) in [7, 11) is 0. The number of rotatable bonds is 4. The van der Waals surface area contributed by atoms with Crippen molar-refractivity contribution in [1.29, 1.82) is 0 Å². The first-order valence-electron chi connectivity index (χ1n) is 6.89. The van der Waals surface area contributed by atoms with E-state index in [1.54, 1.807) is 13.0 Å². The Balaban J connectivity index is 2.29. The molecule has 0 aliphatic rings. The smallest absolute Gasteiger partial charge is 0.337 e. The van der Waals surface area contributed by atoms with Crippen LogP contribution in [0.5, 0.6) is 0 Å². The summed E-state index contributed by atoms with van der Waals surface area (Å²) in [6.45, 7) is 6.09. The normalized spacial score (nSPS) is 10.7. The molecule has 0 unspecified atom stereocenters. The number of benzene rings is 2. The van der Waals surface area contributed by atoms with Gasteiger partial charge in [0.1, 0.15) is 0 Å². The SMILES string of the molecule is Cc1cc(Nc2ccc(C(C)C)cc2)cc(C(=O)O)c1N. The number of nitrogens with two attached hydrogens (primary N) is 1. The van der Waals surface area contributed by atoms with Gasteiger partial charge in [0.25, 0.3) is 0 Å². The lowest BCUT2D eigenvalue weighted by Crippen LogP contribution is -2.05. The minimum Gasteiger partial charge on any atom is -0.478 e. The molecule has 0 spiro atoms. The Morgan fingerprint density at radius 2 is 1.76 bits per heavy atom. The lowest BCUT2D eigenvalue weighted by molar-refractivity contribution is 0.0698. The van der Waals surface area contributed by atoms with Crippen molar-refractivity contribution in [2.75, 3.05) is 11.1 Å². The summed E-state index contributed by atoms with van der Waals surface area (Å²) in [6, 6.07) is 11.5. The van der Waals surface area contributed by atoms with Crippen LogP contribution in [-0.2, 0) is 0 Å². The van der Waals surface area contributed by atoms with Gasteiger partial charge in [-0.25, -0.2) is 4.79 Å². The van der Waals surface area contributed by atoms with Gasteiger partial charge in [0.05, 0.1) is 5.56 Å². The molecule has 0 saturated heterocycles. The van der Waals surface area contributed by atoms with Gasteiger partial charge >= 0.3 is 5.97 Å². The number of carboxylic acid groups (broad SMARTS) is 1. The van der Waals surface area contributed by atoms with E-state index in [-0.39, 0.29) is 5.56 Å². The molecule has 0 aromatic heterocycles. The Bertz CT molecular complexity index is 661. The van der Waals surface area contributed by atoms with Gasteiger partial charge in [0.2, 0.25) is 0 Å². The standard InChI is InChI=1S/C17H20N2O2/c1-10(2)12-4-6-13(7-5-12)19-14-8-11(3)16(18)15(9-14)17(20)21/h4-10,19H,18H2,1-3H3,(H,20,21). The van der Waals surface area contributed by atoms with Gasteiger partial charge < -0.3 is 16.2 Å². The van der Waals surface area contributed by atoms with Gasteiger partial charge in [0, 0.05) is 17.1 Å². The van der Waals surface area contributed by atoms with Crippen molar-refractivity contribution in [2.45, 2.75) is 26.7 Å². The Morgan fingerprint density at radius 3 is 2.29 bits per heavy atom. The molecule has 0 aliphatic heterocycles. The highest BCUT2D eigenvalue weighted by Crippen LogP contribution is 2.26. The molecular formula is C17H20N2O2. The van der Waals surface area contributed by atoms with Gasteiger partial charge in [0.15, 0.2) is 0 Å². The van der Waals surface area contributed by atoms with Crippen molar-refractivity contribution >= 4 is 23.0 Å². The third kappa shape index (κ3) is 3.34. The highest BCUT2D eigenvalue weighted by molar-refractivity contribution is 5.96. The van der Waals surface area contributed by atoms with Gasteiger partial charge in [-0.15, -0.1) is 0 Å². The van der Waals surface area contributed by atoms with Crippen LogP contribution in [0.1, 0.15) is 41.3 Å². The fraction of sp³-hybridized carbons (Fsp3) is 0.235. The van der Waals surface area contributed by atoms with E-state index in [0.717, 1.165) is 16.9 Å². The minimum absolute atomic E-state index is 0.122. The summed E-state index contributed by atoms with van der Waals surface area (Å²) < 4.78 is 0. The van der Waals surface area contributed by atoms with Crippen molar-refractivity contribution in [3.05, 3.63) is 53.1 Å². The fourth-order valence-electron chi connectivity index (χ4n) is 2.17. The van der Waals surface area contributed by atoms with E-state index in [9.17, 15) is 9.90 Å². The van der Waals surface area contributed by atoms with E-state index in [2.05, 4.69) is 31.3 Å². The molecule has 0 aliphatic carbocycles. The average molecular weight is 284 g/mol. The zero-order chi connectivity index (χ0) is 15.6. The third-order valence-corrected chi connectivity index (χ3v) is 3.48. The lowest BCUT2D eigenvalue weighted by atomic mass is 10.0. The summed E-state index contributed by atoms with van der Waals surface area (Å²) >= 11 is 0. The predicted molar refractivity (Wildman–Crippen MR) is 86.4 cm³/mol. The zero-order valence-electron chi connectivity index (χ0n) is 12.5.